The van der Waals surface area contributed by atoms with Crippen LogP contribution in [0, 0.1) is 0 Å². The van der Waals surface area contributed by atoms with Gasteiger partial charge in [0.05, 0.1) is 6.61 Å². The molecule has 66 heavy (non-hydrogen) atoms. The van der Waals surface area contributed by atoms with Crippen molar-refractivity contribution in [2.45, 2.75) is 264 Å². The highest BCUT2D eigenvalue weighted by Gasteiger charge is 2.16. The average Bonchev–Trinajstić information content (AvgIpc) is 3.32. The molecule has 0 fully saturated rings. The van der Waals surface area contributed by atoms with E-state index in [1.165, 1.54) is 141 Å². The summed E-state index contributed by atoms with van der Waals surface area (Å²) >= 11 is 0. The van der Waals surface area contributed by atoms with Gasteiger partial charge in [0, 0.05) is 12.8 Å². The molecule has 1 unspecified atom stereocenters. The van der Waals surface area contributed by atoms with E-state index in [0.29, 0.717) is 12.8 Å². The normalized spacial score (nSPS) is 13.0. The van der Waals surface area contributed by atoms with E-state index in [4.69, 9.17) is 9.47 Å². The van der Waals surface area contributed by atoms with Gasteiger partial charge in [-0.3, -0.25) is 9.59 Å². The van der Waals surface area contributed by atoms with Gasteiger partial charge in [0.25, 0.3) is 0 Å². The van der Waals surface area contributed by atoms with Gasteiger partial charge in [-0.25, -0.2) is 0 Å². The largest absolute Gasteiger partial charge is 0.462 e. The first-order chi connectivity index (χ1) is 32.6. The van der Waals surface area contributed by atoms with Crippen LogP contribution in [-0.2, 0) is 19.1 Å². The summed E-state index contributed by atoms with van der Waals surface area (Å²) in [5, 5.41) is 9.64. The van der Waals surface area contributed by atoms with Crippen LogP contribution < -0.4 is 0 Å². The molecular formula is C61H104O5. The molecule has 0 rings (SSSR count). The molecule has 0 amide bonds. The van der Waals surface area contributed by atoms with Gasteiger partial charge in [-0.05, 0) is 96.3 Å². The third-order valence-corrected chi connectivity index (χ3v) is 11.9. The molecule has 0 saturated carbocycles. The molecule has 0 aliphatic heterocycles. The Labute approximate surface area is 408 Å². The monoisotopic (exact) mass is 917 g/mol. The molecule has 0 aromatic rings. The number of aliphatic hydroxyl groups excluding tert-OH is 1. The Kier molecular flexibility index (Phi) is 53.4. The molecule has 0 heterocycles. The van der Waals surface area contributed by atoms with E-state index in [-0.39, 0.29) is 25.2 Å². The Hall–Kier alpha value is -3.18. The third-order valence-electron chi connectivity index (χ3n) is 11.9. The topological polar surface area (TPSA) is 72.8 Å². The van der Waals surface area contributed by atoms with Gasteiger partial charge in [-0.15, -0.1) is 0 Å². The van der Waals surface area contributed by atoms with Gasteiger partial charge in [-0.1, -0.05) is 246 Å². The summed E-state index contributed by atoms with van der Waals surface area (Å²) in [5.41, 5.74) is 0. The van der Waals surface area contributed by atoms with Gasteiger partial charge < -0.3 is 14.6 Å². The Morgan fingerprint density at radius 3 is 1.02 bits per heavy atom. The Balaban J connectivity index is 3.56. The molecule has 0 aliphatic rings. The summed E-state index contributed by atoms with van der Waals surface area (Å²) in [6, 6.07) is 0. The molecule has 5 nitrogen and oxygen atoms in total. The fourth-order valence-corrected chi connectivity index (χ4v) is 7.71. The number of esters is 2. The second kappa shape index (κ2) is 56.1. The van der Waals surface area contributed by atoms with Crippen LogP contribution in [0.4, 0.5) is 0 Å². The lowest BCUT2D eigenvalue weighted by molar-refractivity contribution is -0.161. The molecule has 0 saturated heterocycles. The van der Waals surface area contributed by atoms with Gasteiger partial charge >= 0.3 is 11.9 Å². The molecule has 1 N–H and O–H groups in total. The molecule has 0 aliphatic carbocycles. The minimum atomic E-state index is -0.796. The average molecular weight is 917 g/mol. The van der Waals surface area contributed by atoms with Crippen molar-refractivity contribution in [3.63, 3.8) is 0 Å². The van der Waals surface area contributed by atoms with Crippen LogP contribution in [0.25, 0.3) is 0 Å². The summed E-state index contributed by atoms with van der Waals surface area (Å²) in [7, 11) is 0. The van der Waals surface area contributed by atoms with Crippen molar-refractivity contribution >= 4 is 11.9 Å². The molecule has 0 bridgehead atoms. The number of hydrogen-bond acceptors (Lipinski definition) is 5. The summed E-state index contributed by atoms with van der Waals surface area (Å²) in [6.45, 7) is 4.01. The maximum atomic E-state index is 12.3. The van der Waals surface area contributed by atoms with Gasteiger partial charge in [0.15, 0.2) is 6.10 Å². The van der Waals surface area contributed by atoms with Crippen LogP contribution in [0.15, 0.2) is 97.2 Å². The molecule has 0 aromatic heterocycles. The van der Waals surface area contributed by atoms with Crippen molar-refractivity contribution < 1.29 is 24.2 Å². The summed E-state index contributed by atoms with van der Waals surface area (Å²) < 4.78 is 10.7. The predicted octanol–water partition coefficient (Wildman–Crippen LogP) is 18.7. The molecule has 1 atom stereocenters. The fraction of sp³-hybridized carbons (Fsp3) is 0.705. The smallest absolute Gasteiger partial charge is 0.306 e. The number of aliphatic hydroxyl groups is 1. The highest BCUT2D eigenvalue weighted by atomic mass is 16.6. The maximum absolute atomic E-state index is 12.3. The highest BCUT2D eigenvalue weighted by molar-refractivity contribution is 5.70. The first-order valence-electron chi connectivity index (χ1n) is 27.8. The van der Waals surface area contributed by atoms with E-state index >= 15 is 0 Å². The Morgan fingerprint density at radius 2 is 0.652 bits per heavy atom. The summed E-state index contributed by atoms with van der Waals surface area (Å²) in [6.07, 6.45) is 79.5. The van der Waals surface area contributed by atoms with Gasteiger partial charge in [0.2, 0.25) is 0 Å². The number of hydrogen-bond donors (Lipinski definition) is 1. The molecule has 5 heteroatoms. The van der Waals surface area contributed by atoms with Crippen LogP contribution >= 0.6 is 0 Å². The van der Waals surface area contributed by atoms with Crippen molar-refractivity contribution in [3.05, 3.63) is 97.2 Å². The van der Waals surface area contributed by atoms with E-state index in [1.54, 1.807) is 0 Å². The quantitative estimate of drug-likeness (QED) is 0.0374. The second-order valence-electron chi connectivity index (χ2n) is 18.3. The van der Waals surface area contributed by atoms with Crippen LogP contribution in [0.5, 0.6) is 0 Å². The number of unbranched alkanes of at least 4 members (excludes halogenated alkanes) is 26. The van der Waals surface area contributed by atoms with Crippen LogP contribution in [0.2, 0.25) is 0 Å². The zero-order chi connectivity index (χ0) is 47.7. The Bertz CT molecular complexity index is 1270. The van der Waals surface area contributed by atoms with Crippen LogP contribution in [0.1, 0.15) is 258 Å². The van der Waals surface area contributed by atoms with E-state index < -0.39 is 6.10 Å². The SMILES string of the molecule is CC/C=C\C/C=C\C/C=C\C/C=C\C/C=C\C/C=C\C/C=C\CCCCCC(=O)OC(CO)COC(=O)CCCCCCCCCCCCCCCCC/C=C\CCCCCCCCCC. The van der Waals surface area contributed by atoms with E-state index in [0.717, 1.165) is 89.9 Å². The predicted molar refractivity (Wildman–Crippen MR) is 288 cm³/mol. The van der Waals surface area contributed by atoms with Crippen molar-refractivity contribution in [3.8, 4) is 0 Å². The van der Waals surface area contributed by atoms with Crippen molar-refractivity contribution in [2.75, 3.05) is 13.2 Å². The number of carbonyl (C=O) groups is 2. The Morgan fingerprint density at radius 1 is 0.364 bits per heavy atom. The second-order valence-corrected chi connectivity index (χ2v) is 18.3. The first-order valence-corrected chi connectivity index (χ1v) is 27.8. The zero-order valence-electron chi connectivity index (χ0n) is 43.2. The van der Waals surface area contributed by atoms with Crippen molar-refractivity contribution in [1.29, 1.82) is 0 Å². The lowest BCUT2D eigenvalue weighted by Gasteiger charge is -2.15. The summed E-state index contributed by atoms with van der Waals surface area (Å²) in [5.74, 6) is -0.628. The first kappa shape index (κ1) is 62.8. The molecule has 0 radical (unpaired) electrons. The molecule has 0 aromatic carbocycles. The lowest BCUT2D eigenvalue weighted by Crippen LogP contribution is -2.28. The third kappa shape index (κ3) is 53.4. The number of allylic oxidation sites excluding steroid dienone is 16. The van der Waals surface area contributed by atoms with E-state index in [1.807, 2.05) is 0 Å². The number of ether oxygens (including phenoxy) is 2. The highest BCUT2D eigenvalue weighted by Crippen LogP contribution is 2.15. The number of rotatable bonds is 50. The summed E-state index contributed by atoms with van der Waals surface area (Å²) in [4.78, 5) is 24.5. The minimum absolute atomic E-state index is 0.0834. The van der Waals surface area contributed by atoms with Gasteiger partial charge in [-0.2, -0.15) is 0 Å². The van der Waals surface area contributed by atoms with E-state index in [9.17, 15) is 14.7 Å². The van der Waals surface area contributed by atoms with Crippen molar-refractivity contribution in [1.82, 2.24) is 0 Å². The van der Waals surface area contributed by atoms with Crippen molar-refractivity contribution in [2.24, 2.45) is 0 Å². The van der Waals surface area contributed by atoms with E-state index in [2.05, 4.69) is 111 Å². The zero-order valence-corrected chi connectivity index (χ0v) is 43.2. The molecular weight excluding hydrogens is 813 g/mol. The molecule has 0 spiro atoms. The van der Waals surface area contributed by atoms with Crippen LogP contribution in [-0.4, -0.2) is 36.4 Å². The maximum Gasteiger partial charge on any atom is 0.306 e. The standard InChI is InChI=1S/C61H104O5/c1-3-5-7-9-11-13-15-17-19-21-23-25-27-29-30-32-33-35-37-39-41-43-45-47-49-51-53-55-60(63)65-58-59(57-62)66-61(64)56-54-52-50-48-46-44-42-40-38-36-34-31-28-26-24-22-20-18-16-14-12-10-8-6-4-2/h6,8,12,14,18,20-21,23-24,26,31,34,38,40,44,46,59,62H,3-5,7,9-11,13,15-17,19,22,25,27-30,32-33,35-37,39,41-43,45,47-58H2,1-2H3/b8-6-,14-12-,20-18-,23-21-,26-24-,34-31-,40-38-,46-44-. The number of carbonyl (C=O) groups excluding carboxylic acids is 2. The molecule has 378 valence electrons. The van der Waals surface area contributed by atoms with Crippen LogP contribution in [0.3, 0.4) is 0 Å². The lowest BCUT2D eigenvalue weighted by atomic mass is 10.0. The fourth-order valence-electron chi connectivity index (χ4n) is 7.71. The van der Waals surface area contributed by atoms with Gasteiger partial charge in [0.1, 0.15) is 6.61 Å². The minimum Gasteiger partial charge on any atom is -0.462 e.